The molecule has 0 saturated heterocycles. The normalized spacial score (nSPS) is 12.4. The zero-order valence-corrected chi connectivity index (χ0v) is 11.1. The van der Waals surface area contributed by atoms with Crippen molar-refractivity contribution in [2.24, 2.45) is 5.73 Å². The van der Waals surface area contributed by atoms with E-state index in [1.807, 2.05) is 0 Å². The van der Waals surface area contributed by atoms with E-state index in [0.29, 0.717) is 0 Å². The van der Waals surface area contributed by atoms with Crippen LogP contribution in [0.25, 0.3) is 0 Å². The molecule has 0 aromatic rings. The van der Waals surface area contributed by atoms with Crippen molar-refractivity contribution in [2.45, 2.75) is 45.8 Å². The minimum Gasteiger partial charge on any atom is -0.464 e. The van der Waals surface area contributed by atoms with Crippen LogP contribution in [0.2, 0.25) is 0 Å². The van der Waals surface area contributed by atoms with Crippen LogP contribution >= 0.6 is 0 Å². The summed E-state index contributed by atoms with van der Waals surface area (Å²) in [6.45, 7) is 6.80. The van der Waals surface area contributed by atoms with Crippen LogP contribution < -0.4 is 11.1 Å². The molecule has 0 heterocycles. The first-order valence-electron chi connectivity index (χ1n) is 5.60. The lowest BCUT2D eigenvalue weighted by Gasteiger charge is -2.22. The van der Waals surface area contributed by atoms with Crippen LogP contribution in [-0.4, -0.2) is 36.2 Å². The number of nitrogens with two attached hydrogens (primary N) is 1. The molecule has 18 heavy (non-hydrogen) atoms. The standard InChI is InChI=1S/C11H20N2O5/c1-5-17-9(15)7(6-8(12)14)13-10(16)18-11(2,3)4/h7H,5-6H2,1-4H3,(H2,12,14)(H,13,16)/t7-/m1/s1. The van der Waals surface area contributed by atoms with E-state index in [1.165, 1.54) is 0 Å². The maximum absolute atomic E-state index is 11.5. The van der Waals surface area contributed by atoms with E-state index in [1.54, 1.807) is 27.7 Å². The lowest BCUT2D eigenvalue weighted by molar-refractivity contribution is -0.147. The molecule has 1 atom stereocenters. The first-order valence-corrected chi connectivity index (χ1v) is 5.60. The number of nitrogens with one attached hydrogen (secondary N) is 1. The SMILES string of the molecule is CCOC(=O)[C@@H](CC(N)=O)NC(=O)OC(C)(C)C. The Morgan fingerprint density at radius 2 is 1.83 bits per heavy atom. The average molecular weight is 260 g/mol. The van der Waals surface area contributed by atoms with Gasteiger partial charge in [-0.2, -0.15) is 0 Å². The minimum atomic E-state index is -1.13. The summed E-state index contributed by atoms with van der Waals surface area (Å²) in [4.78, 5) is 33.8. The Bertz CT molecular complexity index is 322. The molecule has 104 valence electrons. The molecule has 0 fully saturated rings. The van der Waals surface area contributed by atoms with E-state index in [4.69, 9.17) is 15.2 Å². The fraction of sp³-hybridized carbons (Fsp3) is 0.727. The molecule has 2 amide bonds. The molecule has 0 unspecified atom stereocenters. The van der Waals surface area contributed by atoms with Gasteiger partial charge in [-0.25, -0.2) is 9.59 Å². The van der Waals surface area contributed by atoms with Crippen molar-refractivity contribution >= 4 is 18.0 Å². The van der Waals surface area contributed by atoms with Crippen LogP contribution in [0.1, 0.15) is 34.1 Å². The van der Waals surface area contributed by atoms with E-state index >= 15 is 0 Å². The van der Waals surface area contributed by atoms with E-state index in [-0.39, 0.29) is 13.0 Å². The molecule has 0 saturated carbocycles. The van der Waals surface area contributed by atoms with E-state index < -0.39 is 29.6 Å². The molecule has 0 aliphatic carbocycles. The van der Waals surface area contributed by atoms with Crippen LogP contribution in [0.4, 0.5) is 4.79 Å². The Balaban J connectivity index is 4.54. The quantitative estimate of drug-likeness (QED) is 0.692. The molecular weight excluding hydrogens is 240 g/mol. The predicted octanol–water partition coefficient (Wildman–Crippen LogP) is 0.318. The van der Waals surface area contributed by atoms with Crippen molar-refractivity contribution in [3.05, 3.63) is 0 Å². The summed E-state index contributed by atoms with van der Waals surface area (Å²) < 4.78 is 9.69. The van der Waals surface area contributed by atoms with Crippen molar-refractivity contribution in [3.63, 3.8) is 0 Å². The maximum Gasteiger partial charge on any atom is 0.408 e. The van der Waals surface area contributed by atoms with Gasteiger partial charge in [0.05, 0.1) is 13.0 Å². The van der Waals surface area contributed by atoms with Gasteiger partial charge in [0, 0.05) is 0 Å². The average Bonchev–Trinajstić information content (AvgIpc) is 2.13. The van der Waals surface area contributed by atoms with E-state index in [2.05, 4.69) is 5.32 Å². The molecular formula is C11H20N2O5. The fourth-order valence-electron chi connectivity index (χ4n) is 1.09. The summed E-state index contributed by atoms with van der Waals surface area (Å²) in [5, 5.41) is 2.25. The van der Waals surface area contributed by atoms with Crippen LogP contribution in [0, 0.1) is 0 Å². The second kappa shape index (κ2) is 6.83. The fourth-order valence-corrected chi connectivity index (χ4v) is 1.09. The van der Waals surface area contributed by atoms with Gasteiger partial charge in [0.1, 0.15) is 11.6 Å². The van der Waals surface area contributed by atoms with Crippen molar-refractivity contribution in [3.8, 4) is 0 Å². The number of primary amides is 1. The highest BCUT2D eigenvalue weighted by Gasteiger charge is 2.26. The second-order valence-electron chi connectivity index (χ2n) is 4.62. The van der Waals surface area contributed by atoms with Gasteiger partial charge in [0.2, 0.25) is 5.91 Å². The molecule has 0 rings (SSSR count). The molecule has 3 N–H and O–H groups in total. The smallest absolute Gasteiger partial charge is 0.408 e. The molecule has 0 aliphatic rings. The summed E-state index contributed by atoms with van der Waals surface area (Å²) in [5.74, 6) is -1.44. The van der Waals surface area contributed by atoms with Gasteiger partial charge in [-0.15, -0.1) is 0 Å². The third-order valence-electron chi connectivity index (χ3n) is 1.67. The van der Waals surface area contributed by atoms with Crippen LogP contribution in [0.15, 0.2) is 0 Å². The van der Waals surface area contributed by atoms with Gasteiger partial charge in [0.15, 0.2) is 0 Å². The van der Waals surface area contributed by atoms with Gasteiger partial charge in [-0.3, -0.25) is 4.79 Å². The van der Waals surface area contributed by atoms with Crippen LogP contribution in [0.5, 0.6) is 0 Å². The first-order chi connectivity index (χ1) is 8.15. The third kappa shape index (κ3) is 7.48. The van der Waals surface area contributed by atoms with Gasteiger partial charge in [-0.1, -0.05) is 0 Å². The number of ether oxygens (including phenoxy) is 2. The summed E-state index contributed by atoms with van der Waals surface area (Å²) in [6.07, 6.45) is -1.14. The van der Waals surface area contributed by atoms with E-state index in [9.17, 15) is 14.4 Å². The maximum atomic E-state index is 11.5. The Morgan fingerprint density at radius 1 is 1.28 bits per heavy atom. The third-order valence-corrected chi connectivity index (χ3v) is 1.67. The lowest BCUT2D eigenvalue weighted by Crippen LogP contribution is -2.46. The number of hydrogen-bond donors (Lipinski definition) is 2. The summed E-state index contributed by atoms with van der Waals surface area (Å²) >= 11 is 0. The highest BCUT2D eigenvalue weighted by atomic mass is 16.6. The van der Waals surface area contributed by atoms with Gasteiger partial charge in [-0.05, 0) is 27.7 Å². The number of rotatable bonds is 5. The number of alkyl carbamates (subject to hydrolysis) is 1. The highest BCUT2D eigenvalue weighted by molar-refractivity contribution is 5.87. The largest absolute Gasteiger partial charge is 0.464 e. The zero-order valence-electron chi connectivity index (χ0n) is 11.1. The zero-order chi connectivity index (χ0) is 14.3. The number of esters is 1. The molecule has 0 radical (unpaired) electrons. The topological polar surface area (TPSA) is 108 Å². The van der Waals surface area contributed by atoms with Crippen molar-refractivity contribution in [1.29, 1.82) is 0 Å². The summed E-state index contributed by atoms with van der Waals surface area (Å²) in [6, 6.07) is -1.13. The van der Waals surface area contributed by atoms with Gasteiger partial charge >= 0.3 is 12.1 Å². The van der Waals surface area contributed by atoms with Crippen LogP contribution in [-0.2, 0) is 19.1 Å². The molecule has 7 heteroatoms. The summed E-state index contributed by atoms with van der Waals surface area (Å²) in [7, 11) is 0. The Kier molecular flexibility index (Phi) is 6.15. The Labute approximate surface area is 106 Å². The second-order valence-corrected chi connectivity index (χ2v) is 4.62. The molecule has 0 spiro atoms. The number of carbonyl (C=O) groups is 3. The molecule has 0 aliphatic heterocycles. The number of carbonyl (C=O) groups excluding carboxylic acids is 3. The number of hydrogen-bond acceptors (Lipinski definition) is 5. The molecule has 0 aromatic heterocycles. The molecule has 7 nitrogen and oxygen atoms in total. The monoisotopic (exact) mass is 260 g/mol. The Morgan fingerprint density at radius 3 is 2.22 bits per heavy atom. The minimum absolute atomic E-state index is 0.143. The van der Waals surface area contributed by atoms with Crippen molar-refractivity contribution in [2.75, 3.05) is 6.61 Å². The lowest BCUT2D eigenvalue weighted by atomic mass is 10.2. The van der Waals surface area contributed by atoms with Crippen LogP contribution in [0.3, 0.4) is 0 Å². The van der Waals surface area contributed by atoms with Crippen molar-refractivity contribution in [1.82, 2.24) is 5.32 Å². The summed E-state index contributed by atoms with van der Waals surface area (Å²) in [5.41, 5.74) is 4.29. The first kappa shape index (κ1) is 16.2. The van der Waals surface area contributed by atoms with Gasteiger partial charge < -0.3 is 20.5 Å². The van der Waals surface area contributed by atoms with Crippen molar-refractivity contribution < 1.29 is 23.9 Å². The molecule has 0 aromatic carbocycles. The predicted molar refractivity (Wildman–Crippen MR) is 63.6 cm³/mol. The highest BCUT2D eigenvalue weighted by Crippen LogP contribution is 2.07. The Hall–Kier alpha value is -1.79. The van der Waals surface area contributed by atoms with Gasteiger partial charge in [0.25, 0.3) is 0 Å². The molecule has 0 bridgehead atoms. The van der Waals surface area contributed by atoms with E-state index in [0.717, 1.165) is 0 Å². The number of amides is 2.